The average molecular weight is 502 g/mol. The molecule has 4 nitrogen and oxygen atoms in total. The van der Waals surface area contributed by atoms with Crippen LogP contribution in [0.25, 0.3) is 0 Å². The molecule has 0 saturated heterocycles. The van der Waals surface area contributed by atoms with Crippen molar-refractivity contribution in [3.8, 4) is 0 Å². The Morgan fingerprint density at radius 2 is 0.912 bits per heavy atom. The van der Waals surface area contributed by atoms with Crippen LogP contribution in [0.4, 0.5) is 0 Å². The van der Waals surface area contributed by atoms with Gasteiger partial charge in [-0.3, -0.25) is 5.40 Å². The number of rotatable bonds is 27. The van der Waals surface area contributed by atoms with E-state index < -0.39 is 8.97 Å². The summed E-state index contributed by atoms with van der Waals surface area (Å²) in [5, 5.41) is 6.41. The van der Waals surface area contributed by atoms with Crippen LogP contribution in [0.1, 0.15) is 169 Å². The first-order valence-electron chi connectivity index (χ1n) is 15.1. The van der Waals surface area contributed by atoms with Crippen LogP contribution in [-0.4, -0.2) is 28.3 Å². The predicted molar refractivity (Wildman–Crippen MR) is 151 cm³/mol. The Morgan fingerprint density at radius 1 is 0.559 bits per heavy atom. The first kappa shape index (κ1) is 34.1. The molecule has 1 atom stereocenters. The summed E-state index contributed by atoms with van der Waals surface area (Å²) in [6, 6.07) is 0. The van der Waals surface area contributed by atoms with Gasteiger partial charge in [0.25, 0.3) is 0 Å². The van der Waals surface area contributed by atoms with E-state index in [9.17, 15) is 0 Å². The summed E-state index contributed by atoms with van der Waals surface area (Å²) >= 11 is 0. The fourth-order valence-electron chi connectivity index (χ4n) is 4.59. The predicted octanol–water partition coefficient (Wildman–Crippen LogP) is 9.46. The fraction of sp³-hybridized carbons (Fsp3) is 1.00. The van der Waals surface area contributed by atoms with Gasteiger partial charge in [-0.05, 0) is 26.7 Å². The molecule has 0 amide bonds. The van der Waals surface area contributed by atoms with Gasteiger partial charge in [0.1, 0.15) is 0 Å². The smallest absolute Gasteiger partial charge is 0.365 e. The van der Waals surface area contributed by atoms with Gasteiger partial charge in [0.2, 0.25) is 0 Å². The standard InChI is InChI=1S/C29H63NO3Si/c1-6-8-10-12-14-16-18-20-22-24-26-28-32-34(30,31-5)33-29(3,4)27-25-23-21-19-17-15-13-11-9-7-2/h6-28,30H2,1-5H3. The lowest BCUT2D eigenvalue weighted by atomic mass is 9.99. The molecule has 0 aromatic rings. The molecule has 2 N–H and O–H groups in total. The second-order valence-electron chi connectivity index (χ2n) is 11.0. The minimum absolute atomic E-state index is 0.297. The largest absolute Gasteiger partial charge is 0.594 e. The quantitative estimate of drug-likeness (QED) is 0.0899. The van der Waals surface area contributed by atoms with Crippen molar-refractivity contribution in [2.45, 2.75) is 175 Å². The molecule has 0 aromatic heterocycles. The normalized spacial score (nSPS) is 13.9. The van der Waals surface area contributed by atoms with E-state index in [4.69, 9.17) is 18.7 Å². The molecule has 0 aliphatic heterocycles. The van der Waals surface area contributed by atoms with Gasteiger partial charge in [0.05, 0.1) is 5.60 Å². The molecule has 0 aromatic carbocycles. The molecule has 0 aliphatic rings. The topological polar surface area (TPSA) is 53.7 Å². The lowest BCUT2D eigenvalue weighted by molar-refractivity contribution is -0.0104. The molecule has 0 bridgehead atoms. The highest BCUT2D eigenvalue weighted by Gasteiger charge is 2.41. The summed E-state index contributed by atoms with van der Waals surface area (Å²) in [4.78, 5) is 0. The molecule has 0 fully saturated rings. The molecule has 0 radical (unpaired) electrons. The monoisotopic (exact) mass is 501 g/mol. The van der Waals surface area contributed by atoms with Crippen LogP contribution in [0.3, 0.4) is 0 Å². The Balaban J connectivity index is 3.77. The lowest BCUT2D eigenvalue weighted by Gasteiger charge is -2.33. The van der Waals surface area contributed by atoms with Gasteiger partial charge in [-0.15, -0.1) is 0 Å². The van der Waals surface area contributed by atoms with Gasteiger partial charge in [0.15, 0.2) is 0 Å². The van der Waals surface area contributed by atoms with Crippen LogP contribution in [0, 0.1) is 0 Å². The second-order valence-corrected chi connectivity index (χ2v) is 13.1. The van der Waals surface area contributed by atoms with Gasteiger partial charge >= 0.3 is 8.97 Å². The van der Waals surface area contributed by atoms with Crippen LogP contribution in [0.5, 0.6) is 0 Å². The summed E-state index contributed by atoms with van der Waals surface area (Å²) < 4.78 is 17.7. The third-order valence-electron chi connectivity index (χ3n) is 6.89. The zero-order valence-electron chi connectivity index (χ0n) is 24.1. The lowest BCUT2D eigenvalue weighted by Crippen LogP contribution is -2.58. The average Bonchev–Trinajstić information content (AvgIpc) is 2.80. The molecule has 1 unspecified atom stereocenters. The van der Waals surface area contributed by atoms with E-state index in [2.05, 4.69) is 27.7 Å². The van der Waals surface area contributed by atoms with Crippen LogP contribution in [0.2, 0.25) is 0 Å². The maximum Gasteiger partial charge on any atom is 0.594 e. The molecule has 206 valence electrons. The summed E-state index contributed by atoms with van der Waals surface area (Å²) in [6.45, 7) is 9.45. The van der Waals surface area contributed by atoms with Crippen molar-refractivity contribution in [2.24, 2.45) is 5.40 Å². The van der Waals surface area contributed by atoms with Crippen LogP contribution in [-0.2, 0) is 13.3 Å². The van der Waals surface area contributed by atoms with Crippen molar-refractivity contribution >= 4 is 8.97 Å². The molecule has 0 saturated carbocycles. The Labute approximate surface area is 215 Å². The maximum absolute atomic E-state index is 6.41. The van der Waals surface area contributed by atoms with E-state index >= 15 is 0 Å². The van der Waals surface area contributed by atoms with E-state index in [0.29, 0.717) is 6.61 Å². The number of unbranched alkanes of at least 4 members (excludes halogenated alkanes) is 19. The molecule has 0 aliphatic carbocycles. The SMILES string of the molecule is CCCCCCCCCCCCCO[Si](N)(OC)OC(C)(C)CCCCCCCCCCCC. The minimum atomic E-state index is -3.05. The van der Waals surface area contributed by atoms with E-state index in [1.54, 1.807) is 7.11 Å². The fourth-order valence-corrected chi connectivity index (χ4v) is 6.15. The van der Waals surface area contributed by atoms with E-state index in [-0.39, 0.29) is 5.60 Å². The van der Waals surface area contributed by atoms with Crippen molar-refractivity contribution < 1.29 is 13.3 Å². The number of hydrogen-bond donors (Lipinski definition) is 1. The van der Waals surface area contributed by atoms with Gasteiger partial charge < -0.3 is 13.3 Å². The highest BCUT2D eigenvalue weighted by atomic mass is 28.4. The van der Waals surface area contributed by atoms with Crippen molar-refractivity contribution in [1.29, 1.82) is 0 Å². The highest BCUT2D eigenvalue weighted by molar-refractivity contribution is 6.57. The summed E-state index contributed by atoms with van der Waals surface area (Å²) in [6.07, 6.45) is 29.1. The first-order chi connectivity index (χ1) is 16.4. The molecule has 5 heteroatoms. The zero-order chi connectivity index (χ0) is 25.4. The Morgan fingerprint density at radius 3 is 1.29 bits per heavy atom. The molecule has 0 heterocycles. The zero-order valence-corrected chi connectivity index (χ0v) is 25.1. The molecule has 34 heavy (non-hydrogen) atoms. The second kappa shape index (κ2) is 23.5. The van der Waals surface area contributed by atoms with Crippen LogP contribution in [0.15, 0.2) is 0 Å². The number of hydrogen-bond acceptors (Lipinski definition) is 4. The van der Waals surface area contributed by atoms with Gasteiger partial charge in [0, 0.05) is 13.7 Å². The Hall–Kier alpha value is 0.0569. The highest BCUT2D eigenvalue weighted by Crippen LogP contribution is 2.23. The van der Waals surface area contributed by atoms with E-state index in [1.165, 1.54) is 128 Å². The van der Waals surface area contributed by atoms with Crippen LogP contribution < -0.4 is 5.40 Å². The van der Waals surface area contributed by atoms with Gasteiger partial charge in [-0.1, -0.05) is 142 Å². The third-order valence-corrected chi connectivity index (χ3v) is 8.90. The summed E-state index contributed by atoms with van der Waals surface area (Å²) in [5.41, 5.74) is -0.297. The van der Waals surface area contributed by atoms with Crippen LogP contribution >= 0.6 is 0 Å². The molecular weight excluding hydrogens is 438 g/mol. The summed E-state index contributed by atoms with van der Waals surface area (Å²) in [7, 11) is -1.43. The number of nitrogens with two attached hydrogens (primary N) is 1. The van der Waals surface area contributed by atoms with Crippen molar-refractivity contribution in [3.63, 3.8) is 0 Å². The minimum Gasteiger partial charge on any atom is -0.365 e. The first-order valence-corrected chi connectivity index (χ1v) is 16.9. The maximum atomic E-state index is 6.41. The van der Waals surface area contributed by atoms with E-state index in [1.807, 2.05) is 0 Å². The molecule has 0 rings (SSSR count). The van der Waals surface area contributed by atoms with Crippen molar-refractivity contribution in [3.05, 3.63) is 0 Å². The van der Waals surface area contributed by atoms with Crippen molar-refractivity contribution in [1.82, 2.24) is 0 Å². The molecule has 0 spiro atoms. The Bertz CT molecular complexity index is 422. The Kier molecular flexibility index (Phi) is 23.5. The van der Waals surface area contributed by atoms with Gasteiger partial charge in [-0.2, -0.15) is 0 Å². The summed E-state index contributed by atoms with van der Waals surface area (Å²) in [5.74, 6) is 0. The third kappa shape index (κ3) is 22.5. The molecular formula is C29H63NO3Si. The van der Waals surface area contributed by atoms with Crippen molar-refractivity contribution in [2.75, 3.05) is 13.7 Å². The van der Waals surface area contributed by atoms with Gasteiger partial charge in [-0.25, -0.2) is 0 Å². The van der Waals surface area contributed by atoms with E-state index in [0.717, 1.165) is 12.8 Å².